The van der Waals surface area contributed by atoms with Crippen LogP contribution in [0.2, 0.25) is 0 Å². The third kappa shape index (κ3) is 4.14. The number of nitrogens with zero attached hydrogens (tertiary/aromatic N) is 1. The van der Waals surface area contributed by atoms with Crippen LogP contribution in [0.3, 0.4) is 0 Å². The number of aldehydes is 1. The van der Waals surface area contributed by atoms with Crippen LogP contribution in [0, 0.1) is 5.92 Å². The normalized spacial score (nSPS) is 13.5. The van der Waals surface area contributed by atoms with Crippen molar-refractivity contribution in [2.45, 2.75) is 25.7 Å². The van der Waals surface area contributed by atoms with Crippen molar-refractivity contribution in [3.63, 3.8) is 0 Å². The molecule has 0 bridgehead atoms. The van der Waals surface area contributed by atoms with Crippen molar-refractivity contribution in [3.05, 3.63) is 30.1 Å². The number of rotatable bonds is 5. The third-order valence-electron chi connectivity index (χ3n) is 2.04. The predicted octanol–water partition coefficient (Wildman–Crippen LogP) is 2.48. The summed E-state index contributed by atoms with van der Waals surface area (Å²) in [5.41, 5.74) is 0.487. The molecule has 1 aromatic heterocycles. The first-order valence-corrected chi connectivity index (χ1v) is 4.75. The summed E-state index contributed by atoms with van der Waals surface area (Å²) in [4.78, 5) is 14.1. The average Bonchev–Trinajstić information content (AvgIpc) is 2.17. The van der Waals surface area contributed by atoms with Crippen LogP contribution in [0.1, 0.15) is 18.9 Å². The lowest BCUT2D eigenvalue weighted by molar-refractivity contribution is -0.114. The van der Waals surface area contributed by atoms with Crippen LogP contribution in [0.4, 0.5) is 8.78 Å². The molecule has 1 rings (SSSR count). The Kier molecular flexibility index (Phi) is 3.88. The third-order valence-corrected chi connectivity index (χ3v) is 2.04. The molecule has 82 valence electrons. The number of halogens is 2. The zero-order valence-corrected chi connectivity index (χ0v) is 8.49. The number of carbonyl (C=O) groups excluding carboxylic acids is 1. The summed E-state index contributed by atoms with van der Waals surface area (Å²) in [5, 5.41) is 0. The molecule has 0 aliphatic rings. The van der Waals surface area contributed by atoms with Gasteiger partial charge in [-0.15, -0.1) is 0 Å². The van der Waals surface area contributed by atoms with Crippen LogP contribution < -0.4 is 0 Å². The molecule has 0 saturated heterocycles. The highest BCUT2D eigenvalue weighted by atomic mass is 19.3. The predicted molar refractivity (Wildman–Crippen MR) is 52.7 cm³/mol. The van der Waals surface area contributed by atoms with Gasteiger partial charge in [0, 0.05) is 31.2 Å². The van der Waals surface area contributed by atoms with E-state index in [1.807, 2.05) is 0 Å². The van der Waals surface area contributed by atoms with Crippen molar-refractivity contribution >= 4 is 6.29 Å². The monoisotopic (exact) mass is 213 g/mol. The Balaban J connectivity index is 2.60. The largest absolute Gasteiger partial charge is 0.303 e. The molecule has 15 heavy (non-hydrogen) atoms. The molecule has 0 radical (unpaired) electrons. The van der Waals surface area contributed by atoms with Crippen LogP contribution in [0.15, 0.2) is 24.5 Å². The van der Waals surface area contributed by atoms with Gasteiger partial charge in [0.25, 0.3) is 5.92 Å². The van der Waals surface area contributed by atoms with Crippen LogP contribution in [-0.4, -0.2) is 17.2 Å². The highest BCUT2D eigenvalue weighted by Gasteiger charge is 2.31. The number of hydrogen-bond donors (Lipinski definition) is 0. The molecule has 0 aromatic carbocycles. The number of carbonyl (C=O) groups is 1. The molecule has 0 aliphatic carbocycles. The zero-order chi connectivity index (χ0) is 11.3. The number of pyridine rings is 1. The summed E-state index contributed by atoms with van der Waals surface area (Å²) in [7, 11) is 0. The van der Waals surface area contributed by atoms with Gasteiger partial charge in [-0.05, 0) is 11.6 Å². The SMILES string of the molecule is C[C@H](C=O)CC(F)(F)Cc1cccnc1. The van der Waals surface area contributed by atoms with Gasteiger partial charge in [0.2, 0.25) is 0 Å². The van der Waals surface area contributed by atoms with Crippen molar-refractivity contribution < 1.29 is 13.6 Å². The van der Waals surface area contributed by atoms with Crippen LogP contribution in [0.25, 0.3) is 0 Å². The van der Waals surface area contributed by atoms with Crippen molar-refractivity contribution in [3.8, 4) is 0 Å². The fraction of sp³-hybridized carbons (Fsp3) is 0.455. The van der Waals surface area contributed by atoms with Gasteiger partial charge in [-0.25, -0.2) is 8.78 Å². The van der Waals surface area contributed by atoms with Crippen LogP contribution >= 0.6 is 0 Å². The van der Waals surface area contributed by atoms with Gasteiger partial charge in [0.15, 0.2) is 0 Å². The number of aromatic nitrogens is 1. The van der Waals surface area contributed by atoms with E-state index in [4.69, 9.17) is 0 Å². The molecule has 1 atom stereocenters. The first-order chi connectivity index (χ1) is 7.03. The van der Waals surface area contributed by atoms with Crippen LogP contribution in [-0.2, 0) is 11.2 Å². The van der Waals surface area contributed by atoms with Gasteiger partial charge in [-0.2, -0.15) is 0 Å². The lowest BCUT2D eigenvalue weighted by Crippen LogP contribution is -2.23. The summed E-state index contributed by atoms with van der Waals surface area (Å²) in [6.45, 7) is 1.49. The van der Waals surface area contributed by atoms with Crippen molar-refractivity contribution in [1.82, 2.24) is 4.98 Å². The quantitative estimate of drug-likeness (QED) is 0.703. The van der Waals surface area contributed by atoms with Crippen molar-refractivity contribution in [1.29, 1.82) is 0 Å². The summed E-state index contributed by atoms with van der Waals surface area (Å²) in [5.74, 6) is -3.46. The second kappa shape index (κ2) is 4.96. The lowest BCUT2D eigenvalue weighted by atomic mass is 9.99. The van der Waals surface area contributed by atoms with Gasteiger partial charge in [0.05, 0.1) is 0 Å². The number of hydrogen-bond acceptors (Lipinski definition) is 2. The fourth-order valence-corrected chi connectivity index (χ4v) is 1.39. The molecular formula is C11H13F2NO. The zero-order valence-electron chi connectivity index (χ0n) is 8.49. The Labute approximate surface area is 87.3 Å². The summed E-state index contributed by atoms with van der Waals surface area (Å²) in [6.07, 6.45) is 2.73. The van der Waals surface area contributed by atoms with Crippen molar-refractivity contribution in [2.24, 2.45) is 5.92 Å². The standard InChI is InChI=1S/C11H13F2NO/c1-9(8-15)5-11(12,13)6-10-3-2-4-14-7-10/h2-4,7-9H,5-6H2,1H3/t9-/m0/s1. The smallest absolute Gasteiger partial charge is 0.252 e. The second-order valence-corrected chi connectivity index (χ2v) is 3.71. The van der Waals surface area contributed by atoms with Gasteiger partial charge in [-0.3, -0.25) is 4.98 Å². The Morgan fingerprint density at radius 1 is 1.60 bits per heavy atom. The highest BCUT2D eigenvalue weighted by Crippen LogP contribution is 2.26. The Bertz CT molecular complexity index is 314. The van der Waals surface area contributed by atoms with E-state index in [0.717, 1.165) is 0 Å². The van der Waals surface area contributed by atoms with E-state index in [1.165, 1.54) is 19.3 Å². The molecule has 1 heterocycles. The molecule has 1 aromatic rings. The van der Waals surface area contributed by atoms with E-state index in [1.54, 1.807) is 12.1 Å². The van der Waals surface area contributed by atoms with E-state index in [0.29, 0.717) is 11.8 Å². The molecular weight excluding hydrogens is 200 g/mol. The maximum atomic E-state index is 13.4. The topological polar surface area (TPSA) is 30.0 Å². The van der Waals surface area contributed by atoms with E-state index in [-0.39, 0.29) is 6.42 Å². The van der Waals surface area contributed by atoms with Crippen molar-refractivity contribution in [2.75, 3.05) is 0 Å². The lowest BCUT2D eigenvalue weighted by Gasteiger charge is -2.17. The average molecular weight is 213 g/mol. The molecule has 0 amide bonds. The van der Waals surface area contributed by atoms with Gasteiger partial charge < -0.3 is 4.79 Å². The summed E-state index contributed by atoms with van der Waals surface area (Å²) < 4.78 is 26.7. The minimum absolute atomic E-state index is 0.362. The minimum Gasteiger partial charge on any atom is -0.303 e. The van der Waals surface area contributed by atoms with E-state index in [2.05, 4.69) is 4.98 Å². The molecule has 2 nitrogen and oxygen atoms in total. The van der Waals surface area contributed by atoms with E-state index < -0.39 is 18.3 Å². The highest BCUT2D eigenvalue weighted by molar-refractivity contribution is 5.52. The Hall–Kier alpha value is -1.32. The molecule has 4 heteroatoms. The minimum atomic E-state index is -2.84. The van der Waals surface area contributed by atoms with Gasteiger partial charge in [-0.1, -0.05) is 13.0 Å². The van der Waals surface area contributed by atoms with Gasteiger partial charge >= 0.3 is 0 Å². The van der Waals surface area contributed by atoms with E-state index in [9.17, 15) is 13.6 Å². The van der Waals surface area contributed by atoms with Crippen LogP contribution in [0.5, 0.6) is 0 Å². The maximum absolute atomic E-state index is 13.4. The first kappa shape index (κ1) is 11.8. The molecule has 0 aliphatic heterocycles. The molecule has 0 N–H and O–H groups in total. The summed E-state index contributed by atoms with van der Waals surface area (Å²) in [6, 6.07) is 3.22. The molecule has 0 saturated carbocycles. The number of alkyl halides is 2. The molecule has 0 spiro atoms. The molecule has 0 unspecified atom stereocenters. The Morgan fingerprint density at radius 2 is 2.33 bits per heavy atom. The fourth-order valence-electron chi connectivity index (χ4n) is 1.39. The van der Waals surface area contributed by atoms with E-state index >= 15 is 0 Å². The Morgan fingerprint density at radius 3 is 2.87 bits per heavy atom. The molecule has 0 fully saturated rings. The summed E-state index contributed by atoms with van der Waals surface area (Å²) >= 11 is 0. The maximum Gasteiger partial charge on any atom is 0.252 e. The second-order valence-electron chi connectivity index (χ2n) is 3.71. The van der Waals surface area contributed by atoms with Gasteiger partial charge in [0.1, 0.15) is 6.29 Å². The first-order valence-electron chi connectivity index (χ1n) is 4.75.